The number of hydrogen-bond acceptors (Lipinski definition) is 3. The zero-order valence-corrected chi connectivity index (χ0v) is 12.7. The summed E-state index contributed by atoms with van der Waals surface area (Å²) >= 11 is 0. The first-order chi connectivity index (χ1) is 7.91. The molecule has 18 heavy (non-hydrogen) atoms. The Balaban J connectivity index is 2.67. The van der Waals surface area contributed by atoms with Gasteiger partial charge in [-0.25, -0.2) is 0 Å². The molecule has 0 radical (unpaired) electrons. The van der Waals surface area contributed by atoms with Gasteiger partial charge in [0.05, 0.1) is 12.0 Å². The first kappa shape index (κ1) is 15.5. The topological polar surface area (TPSA) is 46.5 Å². The van der Waals surface area contributed by atoms with Crippen LogP contribution in [0.3, 0.4) is 0 Å². The first-order valence-electron chi connectivity index (χ1n) is 6.85. The van der Waals surface area contributed by atoms with E-state index in [1.807, 2.05) is 20.8 Å². The number of carbonyl (C=O) groups excluding carboxylic acids is 1. The summed E-state index contributed by atoms with van der Waals surface area (Å²) in [7, 11) is 0. The molecule has 1 N–H and O–H groups in total. The van der Waals surface area contributed by atoms with Crippen LogP contribution in [0.1, 0.15) is 67.2 Å². The molecule has 0 bridgehead atoms. The minimum absolute atomic E-state index is 0.0917. The lowest BCUT2D eigenvalue weighted by molar-refractivity contribution is -0.164. The fourth-order valence-corrected chi connectivity index (χ4v) is 3.48. The maximum atomic E-state index is 11.9. The number of carbonyl (C=O) groups is 1. The van der Waals surface area contributed by atoms with E-state index in [-0.39, 0.29) is 17.8 Å². The van der Waals surface area contributed by atoms with Crippen molar-refractivity contribution in [1.29, 1.82) is 0 Å². The molecule has 0 aromatic carbocycles. The third-order valence-electron chi connectivity index (χ3n) is 3.33. The smallest absolute Gasteiger partial charge is 0.309 e. The average molecular weight is 256 g/mol. The predicted octanol–water partition coefficient (Wildman–Crippen LogP) is 3.30. The fourth-order valence-electron chi connectivity index (χ4n) is 3.48. The molecule has 3 nitrogen and oxygen atoms in total. The van der Waals surface area contributed by atoms with Crippen molar-refractivity contribution in [2.45, 2.75) is 78.4 Å². The molecule has 0 aliphatic heterocycles. The first-order valence-corrected chi connectivity index (χ1v) is 6.85. The molecular formula is C15H28O3. The maximum Gasteiger partial charge on any atom is 0.309 e. The van der Waals surface area contributed by atoms with E-state index in [1.54, 1.807) is 0 Å². The zero-order chi connectivity index (χ0) is 14.2. The van der Waals surface area contributed by atoms with Crippen LogP contribution in [0.25, 0.3) is 0 Å². The summed E-state index contributed by atoms with van der Waals surface area (Å²) < 4.78 is 5.31. The van der Waals surface area contributed by atoms with Gasteiger partial charge in [-0.05, 0) is 51.4 Å². The van der Waals surface area contributed by atoms with Gasteiger partial charge in [0.25, 0.3) is 0 Å². The third kappa shape index (κ3) is 4.97. The lowest BCUT2D eigenvalue weighted by Crippen LogP contribution is -2.44. The van der Waals surface area contributed by atoms with E-state index in [9.17, 15) is 9.90 Å². The number of esters is 1. The van der Waals surface area contributed by atoms with Gasteiger partial charge in [0, 0.05) is 0 Å². The fraction of sp³-hybridized carbons (Fsp3) is 0.933. The Labute approximate surface area is 111 Å². The standard InChI is InChI=1S/C15H28O3/c1-11-7-14(5,6)10-15(17,8-11)9-12(16)18-13(2,3)4/h11,17H,7-10H2,1-6H3/t11-,15-/m0/s1. The van der Waals surface area contributed by atoms with Gasteiger partial charge in [0.15, 0.2) is 0 Å². The van der Waals surface area contributed by atoms with E-state index in [4.69, 9.17) is 4.74 Å². The van der Waals surface area contributed by atoms with E-state index in [1.165, 1.54) is 0 Å². The van der Waals surface area contributed by atoms with Crippen molar-refractivity contribution in [2.24, 2.45) is 11.3 Å². The summed E-state index contributed by atoms with van der Waals surface area (Å²) in [5.74, 6) is 0.149. The quantitative estimate of drug-likeness (QED) is 0.771. The molecule has 1 saturated carbocycles. The molecule has 3 heteroatoms. The van der Waals surface area contributed by atoms with Crippen molar-refractivity contribution < 1.29 is 14.6 Å². The molecule has 0 saturated heterocycles. The number of aliphatic hydroxyl groups is 1. The van der Waals surface area contributed by atoms with E-state index < -0.39 is 11.2 Å². The molecule has 106 valence electrons. The largest absolute Gasteiger partial charge is 0.460 e. The third-order valence-corrected chi connectivity index (χ3v) is 3.33. The van der Waals surface area contributed by atoms with Crippen LogP contribution in [-0.2, 0) is 9.53 Å². The summed E-state index contributed by atoms with van der Waals surface area (Å²) in [6, 6.07) is 0. The lowest BCUT2D eigenvalue weighted by Gasteiger charge is -2.44. The van der Waals surface area contributed by atoms with Crippen LogP contribution in [0.2, 0.25) is 0 Å². The Morgan fingerprint density at radius 2 is 1.89 bits per heavy atom. The molecule has 0 aromatic heterocycles. The van der Waals surface area contributed by atoms with E-state index in [2.05, 4.69) is 20.8 Å². The van der Waals surface area contributed by atoms with Crippen molar-refractivity contribution in [3.05, 3.63) is 0 Å². The molecule has 0 heterocycles. The average Bonchev–Trinajstić information content (AvgIpc) is 1.90. The minimum atomic E-state index is -0.899. The number of rotatable bonds is 2. The normalized spacial score (nSPS) is 32.1. The van der Waals surface area contributed by atoms with Gasteiger partial charge in [-0.3, -0.25) is 4.79 Å². The Morgan fingerprint density at radius 1 is 1.33 bits per heavy atom. The molecule has 1 aliphatic rings. The van der Waals surface area contributed by atoms with Crippen molar-refractivity contribution in [3.8, 4) is 0 Å². The Hall–Kier alpha value is -0.570. The van der Waals surface area contributed by atoms with Crippen molar-refractivity contribution in [3.63, 3.8) is 0 Å². The Bertz CT molecular complexity index is 314. The van der Waals surface area contributed by atoms with Crippen LogP contribution in [-0.4, -0.2) is 22.3 Å². The lowest BCUT2D eigenvalue weighted by atomic mass is 9.65. The van der Waals surface area contributed by atoms with Gasteiger partial charge in [0.1, 0.15) is 5.60 Å². The second-order valence-corrected chi connectivity index (χ2v) is 7.84. The van der Waals surface area contributed by atoms with Crippen LogP contribution >= 0.6 is 0 Å². The summed E-state index contributed by atoms with van der Waals surface area (Å²) in [5, 5.41) is 10.6. The van der Waals surface area contributed by atoms with E-state index >= 15 is 0 Å². The van der Waals surface area contributed by atoms with E-state index in [0.717, 1.165) is 6.42 Å². The van der Waals surface area contributed by atoms with Crippen molar-refractivity contribution >= 4 is 5.97 Å². The summed E-state index contributed by atoms with van der Waals surface area (Å²) in [5.41, 5.74) is -1.29. The highest BCUT2D eigenvalue weighted by Crippen LogP contribution is 2.45. The van der Waals surface area contributed by atoms with Crippen molar-refractivity contribution in [2.75, 3.05) is 0 Å². The maximum absolute atomic E-state index is 11.9. The molecule has 0 unspecified atom stereocenters. The van der Waals surface area contributed by atoms with Crippen LogP contribution in [0.4, 0.5) is 0 Å². The minimum Gasteiger partial charge on any atom is -0.460 e. The molecule has 0 amide bonds. The second kappa shape index (κ2) is 4.84. The van der Waals surface area contributed by atoms with Gasteiger partial charge < -0.3 is 9.84 Å². The highest BCUT2D eigenvalue weighted by atomic mass is 16.6. The summed E-state index contributed by atoms with van der Waals surface area (Å²) in [6.07, 6.45) is 2.57. The number of ether oxygens (including phenoxy) is 1. The van der Waals surface area contributed by atoms with Crippen molar-refractivity contribution in [1.82, 2.24) is 0 Å². The Kier molecular flexibility index (Phi) is 4.16. The second-order valence-electron chi connectivity index (χ2n) is 7.84. The van der Waals surface area contributed by atoms with Crippen LogP contribution < -0.4 is 0 Å². The van der Waals surface area contributed by atoms with Gasteiger partial charge in [-0.15, -0.1) is 0 Å². The van der Waals surface area contributed by atoms with Crippen LogP contribution in [0, 0.1) is 11.3 Å². The highest BCUT2D eigenvalue weighted by Gasteiger charge is 2.43. The van der Waals surface area contributed by atoms with Crippen LogP contribution in [0.5, 0.6) is 0 Å². The van der Waals surface area contributed by atoms with Crippen LogP contribution in [0.15, 0.2) is 0 Å². The predicted molar refractivity (Wildman–Crippen MR) is 72.2 cm³/mol. The molecule has 1 rings (SSSR count). The van der Waals surface area contributed by atoms with E-state index in [0.29, 0.717) is 18.8 Å². The SMILES string of the molecule is C[C@H]1CC(C)(C)C[C@@](O)(CC(=O)OC(C)(C)C)C1. The molecule has 1 aliphatic carbocycles. The molecule has 1 fully saturated rings. The van der Waals surface area contributed by atoms with Gasteiger partial charge in [-0.2, -0.15) is 0 Å². The van der Waals surface area contributed by atoms with Gasteiger partial charge in [0.2, 0.25) is 0 Å². The zero-order valence-electron chi connectivity index (χ0n) is 12.7. The molecule has 2 atom stereocenters. The van der Waals surface area contributed by atoms with Gasteiger partial charge >= 0.3 is 5.97 Å². The monoisotopic (exact) mass is 256 g/mol. The van der Waals surface area contributed by atoms with Gasteiger partial charge in [-0.1, -0.05) is 20.8 Å². The molecule has 0 spiro atoms. The highest BCUT2D eigenvalue weighted by molar-refractivity contribution is 5.71. The summed E-state index contributed by atoms with van der Waals surface area (Å²) in [6.45, 7) is 12.0. The Morgan fingerprint density at radius 3 is 2.33 bits per heavy atom. The molecule has 0 aromatic rings. The molecular weight excluding hydrogens is 228 g/mol. The number of hydrogen-bond donors (Lipinski definition) is 1. The summed E-state index contributed by atoms with van der Waals surface area (Å²) in [4.78, 5) is 11.9.